The first-order valence-electron chi connectivity index (χ1n) is 7.54. The van der Waals surface area contributed by atoms with Gasteiger partial charge < -0.3 is 10.6 Å². The number of nitrogens with one attached hydrogen (secondary N) is 2. The van der Waals surface area contributed by atoms with Gasteiger partial charge in [-0.25, -0.2) is 0 Å². The number of halogens is 1. The Morgan fingerprint density at radius 3 is 2.80 bits per heavy atom. The maximum absolute atomic E-state index is 4.70. The van der Waals surface area contributed by atoms with Crippen molar-refractivity contribution in [2.24, 2.45) is 10.9 Å². The Hall–Kier alpha value is -0.300. The molecule has 20 heavy (non-hydrogen) atoms. The van der Waals surface area contributed by atoms with Crippen LogP contribution in [0.15, 0.2) is 17.6 Å². The second-order valence-electron chi connectivity index (χ2n) is 5.57. The van der Waals surface area contributed by atoms with Crippen LogP contribution < -0.4 is 10.6 Å². The van der Waals surface area contributed by atoms with Crippen LogP contribution >= 0.6 is 24.0 Å². The molecule has 0 aromatic carbocycles. The van der Waals surface area contributed by atoms with Gasteiger partial charge in [0, 0.05) is 25.7 Å². The fourth-order valence-corrected chi connectivity index (χ4v) is 2.52. The quantitative estimate of drug-likeness (QED) is 0.302. The maximum atomic E-state index is 4.70. The van der Waals surface area contributed by atoms with Crippen molar-refractivity contribution < 1.29 is 0 Å². The van der Waals surface area contributed by atoms with E-state index in [1.807, 2.05) is 6.08 Å². The van der Waals surface area contributed by atoms with Gasteiger partial charge in [0.2, 0.25) is 0 Å². The van der Waals surface area contributed by atoms with Crippen molar-refractivity contribution in [1.29, 1.82) is 0 Å². The second-order valence-corrected chi connectivity index (χ2v) is 5.57. The Labute approximate surface area is 141 Å². The lowest BCUT2D eigenvalue weighted by Crippen LogP contribution is -2.39. The van der Waals surface area contributed by atoms with Gasteiger partial charge in [-0.05, 0) is 32.2 Å². The van der Waals surface area contributed by atoms with Gasteiger partial charge in [0.05, 0.1) is 6.54 Å². The molecule has 1 heterocycles. The summed E-state index contributed by atoms with van der Waals surface area (Å²) in [6, 6.07) is 0.613. The smallest absolute Gasteiger partial charge is 0.191 e. The lowest BCUT2D eigenvalue weighted by molar-refractivity contribution is 0.231. The van der Waals surface area contributed by atoms with Crippen molar-refractivity contribution in [3.8, 4) is 0 Å². The molecule has 1 saturated heterocycles. The molecule has 0 radical (unpaired) electrons. The van der Waals surface area contributed by atoms with Gasteiger partial charge in [0.1, 0.15) is 0 Å². The van der Waals surface area contributed by atoms with Crippen molar-refractivity contribution in [2.45, 2.75) is 39.7 Å². The largest absolute Gasteiger partial charge is 0.357 e. The molecule has 0 saturated carbocycles. The van der Waals surface area contributed by atoms with Crippen LogP contribution in [0.3, 0.4) is 0 Å². The van der Waals surface area contributed by atoms with E-state index in [1.165, 1.54) is 25.9 Å². The van der Waals surface area contributed by atoms with Crippen molar-refractivity contribution in [3.63, 3.8) is 0 Å². The minimum Gasteiger partial charge on any atom is -0.357 e. The molecule has 0 aliphatic carbocycles. The van der Waals surface area contributed by atoms with Crippen LogP contribution in [0.5, 0.6) is 0 Å². The summed E-state index contributed by atoms with van der Waals surface area (Å²) in [4.78, 5) is 7.28. The summed E-state index contributed by atoms with van der Waals surface area (Å²) < 4.78 is 0. The molecule has 5 heteroatoms. The molecule has 0 bridgehead atoms. The fraction of sp³-hybridized carbons (Fsp3) is 0.800. The first-order chi connectivity index (χ1) is 9.17. The normalized spacial score (nSPS) is 19.8. The zero-order chi connectivity index (χ0) is 14.1. The number of hydrogen-bond donors (Lipinski definition) is 2. The molecule has 1 rings (SSSR count). The molecular weight excluding hydrogens is 363 g/mol. The van der Waals surface area contributed by atoms with E-state index in [0.717, 1.165) is 31.5 Å². The summed E-state index contributed by atoms with van der Waals surface area (Å²) in [6.45, 7) is 15.3. The van der Waals surface area contributed by atoms with E-state index in [0.29, 0.717) is 6.04 Å². The maximum Gasteiger partial charge on any atom is 0.191 e. The van der Waals surface area contributed by atoms with E-state index in [1.54, 1.807) is 0 Å². The van der Waals surface area contributed by atoms with Gasteiger partial charge in [-0.15, -0.1) is 30.6 Å². The summed E-state index contributed by atoms with van der Waals surface area (Å²) in [5, 5.41) is 6.52. The number of nitrogens with zero attached hydrogens (tertiary/aromatic N) is 2. The molecule has 0 aromatic heterocycles. The van der Waals surface area contributed by atoms with Gasteiger partial charge >= 0.3 is 0 Å². The van der Waals surface area contributed by atoms with Crippen LogP contribution in [0, 0.1) is 5.92 Å². The van der Waals surface area contributed by atoms with E-state index in [2.05, 4.69) is 42.9 Å². The van der Waals surface area contributed by atoms with Crippen LogP contribution in [0.4, 0.5) is 0 Å². The molecule has 0 unspecified atom stereocenters. The minimum absolute atomic E-state index is 0. The summed E-state index contributed by atoms with van der Waals surface area (Å²) in [5.41, 5.74) is 0. The minimum atomic E-state index is 0. The number of aliphatic imine (C=N–C) groups is 1. The van der Waals surface area contributed by atoms with Crippen LogP contribution in [-0.4, -0.2) is 49.6 Å². The lowest BCUT2D eigenvalue weighted by Gasteiger charge is -2.25. The highest BCUT2D eigenvalue weighted by molar-refractivity contribution is 14.0. The molecule has 1 fully saturated rings. The van der Waals surface area contributed by atoms with Crippen LogP contribution in [0.1, 0.15) is 33.6 Å². The Morgan fingerprint density at radius 1 is 1.45 bits per heavy atom. The Balaban J connectivity index is 0.00000361. The molecule has 0 spiro atoms. The van der Waals surface area contributed by atoms with Gasteiger partial charge in [-0.1, -0.05) is 19.9 Å². The van der Waals surface area contributed by atoms with Gasteiger partial charge in [-0.3, -0.25) is 9.89 Å². The molecular formula is C15H31IN4. The van der Waals surface area contributed by atoms with Crippen molar-refractivity contribution in [3.05, 3.63) is 12.7 Å². The third kappa shape index (κ3) is 7.47. The molecule has 1 atom stereocenters. The highest BCUT2D eigenvalue weighted by Crippen LogP contribution is 2.18. The van der Waals surface area contributed by atoms with Crippen molar-refractivity contribution in [1.82, 2.24) is 15.5 Å². The lowest BCUT2D eigenvalue weighted by atomic mass is 10.2. The number of hydrogen-bond acceptors (Lipinski definition) is 2. The van der Waals surface area contributed by atoms with E-state index in [4.69, 9.17) is 4.99 Å². The van der Waals surface area contributed by atoms with E-state index in [9.17, 15) is 0 Å². The summed E-state index contributed by atoms with van der Waals surface area (Å²) in [7, 11) is 0. The number of guanidine groups is 1. The third-order valence-electron chi connectivity index (χ3n) is 3.32. The van der Waals surface area contributed by atoms with E-state index in [-0.39, 0.29) is 24.0 Å². The zero-order valence-corrected chi connectivity index (χ0v) is 15.5. The first kappa shape index (κ1) is 19.7. The highest BCUT2D eigenvalue weighted by Gasteiger charge is 2.24. The highest BCUT2D eigenvalue weighted by atomic mass is 127. The zero-order valence-electron chi connectivity index (χ0n) is 13.2. The first-order valence-corrected chi connectivity index (χ1v) is 7.54. The Bertz CT molecular complexity index is 292. The summed E-state index contributed by atoms with van der Waals surface area (Å²) in [6.07, 6.45) is 4.44. The Morgan fingerprint density at radius 2 is 2.20 bits per heavy atom. The predicted octanol–water partition coefficient (Wildman–Crippen LogP) is 2.47. The molecule has 2 N–H and O–H groups in total. The van der Waals surface area contributed by atoms with Crippen LogP contribution in [0.25, 0.3) is 0 Å². The third-order valence-corrected chi connectivity index (χ3v) is 3.32. The van der Waals surface area contributed by atoms with Gasteiger partial charge in [0.15, 0.2) is 5.96 Å². The molecule has 0 amide bonds. The van der Waals surface area contributed by atoms with Gasteiger partial charge in [-0.2, -0.15) is 0 Å². The second kappa shape index (κ2) is 11.4. The standard InChI is InChI=1S/C15H30N4.HI/c1-5-9-17-15(16-6-2)18-11-14-8-7-10-19(14)12-13(3)4;/h5,13-14H,1,6-12H2,2-4H3,(H2,16,17,18);1H/t14-;/m1./s1. The molecule has 4 nitrogen and oxygen atoms in total. The van der Waals surface area contributed by atoms with Crippen molar-refractivity contribution in [2.75, 3.05) is 32.7 Å². The summed E-state index contributed by atoms with van der Waals surface area (Å²) >= 11 is 0. The molecule has 118 valence electrons. The number of likely N-dealkylation sites (tertiary alicyclic amines) is 1. The predicted molar refractivity (Wildman–Crippen MR) is 99.0 cm³/mol. The molecule has 0 aromatic rings. The summed E-state index contributed by atoms with van der Waals surface area (Å²) in [5.74, 6) is 1.63. The average molecular weight is 394 g/mol. The van der Waals surface area contributed by atoms with Crippen LogP contribution in [-0.2, 0) is 0 Å². The average Bonchev–Trinajstić information content (AvgIpc) is 2.79. The fourth-order valence-electron chi connectivity index (χ4n) is 2.52. The van der Waals surface area contributed by atoms with Crippen molar-refractivity contribution >= 4 is 29.9 Å². The van der Waals surface area contributed by atoms with E-state index < -0.39 is 0 Å². The van der Waals surface area contributed by atoms with Gasteiger partial charge in [0.25, 0.3) is 0 Å². The topological polar surface area (TPSA) is 39.7 Å². The SMILES string of the molecule is C=CCNC(=NC[C@H]1CCCN1CC(C)C)NCC.I. The Kier molecular flexibility index (Phi) is 11.2. The molecule has 1 aliphatic heterocycles. The van der Waals surface area contributed by atoms with E-state index >= 15 is 0 Å². The number of rotatable bonds is 7. The molecule has 1 aliphatic rings. The monoisotopic (exact) mass is 394 g/mol. The van der Waals surface area contributed by atoms with Crippen LogP contribution in [0.2, 0.25) is 0 Å².